The fourth-order valence-corrected chi connectivity index (χ4v) is 4.03. The number of rotatable bonds is 4. The van der Waals surface area contributed by atoms with Crippen LogP contribution in [-0.2, 0) is 0 Å². The van der Waals surface area contributed by atoms with E-state index in [9.17, 15) is 0 Å². The Kier molecular flexibility index (Phi) is 3.93. The van der Waals surface area contributed by atoms with Gasteiger partial charge in [-0.15, -0.1) is 0 Å². The van der Waals surface area contributed by atoms with E-state index in [0.29, 0.717) is 18.4 Å². The molecule has 3 nitrogen and oxygen atoms in total. The zero-order valence-electron chi connectivity index (χ0n) is 14.2. The lowest BCUT2D eigenvalue weighted by Gasteiger charge is -2.38. The third kappa shape index (κ3) is 2.44. The Labute approximate surface area is 143 Å². The van der Waals surface area contributed by atoms with Gasteiger partial charge in [-0.25, -0.2) is 0 Å². The molecule has 2 aliphatic rings. The average molecular weight is 321 g/mol. The van der Waals surface area contributed by atoms with Gasteiger partial charge >= 0.3 is 0 Å². The van der Waals surface area contributed by atoms with Crippen molar-refractivity contribution in [2.75, 3.05) is 19.0 Å². The molecule has 1 aliphatic carbocycles. The van der Waals surface area contributed by atoms with E-state index in [4.69, 9.17) is 9.47 Å². The maximum absolute atomic E-state index is 5.87. The first-order chi connectivity index (χ1) is 11.8. The first kappa shape index (κ1) is 15.1. The summed E-state index contributed by atoms with van der Waals surface area (Å²) in [6.07, 6.45) is 5.76. The van der Waals surface area contributed by atoms with Crippen molar-refractivity contribution in [3.63, 3.8) is 0 Å². The molecule has 2 aromatic rings. The van der Waals surface area contributed by atoms with Crippen LogP contribution in [0.1, 0.15) is 36.4 Å². The molecule has 0 amide bonds. The van der Waals surface area contributed by atoms with E-state index in [1.807, 2.05) is 13.0 Å². The van der Waals surface area contributed by atoms with Crippen molar-refractivity contribution in [3.05, 3.63) is 65.7 Å². The molecule has 0 fully saturated rings. The van der Waals surface area contributed by atoms with Crippen LogP contribution in [0.25, 0.3) is 0 Å². The molecule has 0 radical (unpaired) electrons. The van der Waals surface area contributed by atoms with Crippen LogP contribution in [0, 0.1) is 5.92 Å². The number of hydrogen-bond donors (Lipinski definition) is 1. The molecule has 0 bridgehead atoms. The van der Waals surface area contributed by atoms with Crippen LogP contribution in [0.4, 0.5) is 5.69 Å². The summed E-state index contributed by atoms with van der Waals surface area (Å²) in [6.45, 7) is 2.70. The summed E-state index contributed by atoms with van der Waals surface area (Å²) in [6, 6.07) is 15.0. The van der Waals surface area contributed by atoms with Crippen molar-refractivity contribution in [1.29, 1.82) is 0 Å². The fourth-order valence-electron chi connectivity index (χ4n) is 4.03. The molecule has 0 saturated heterocycles. The number of hydrogen-bond acceptors (Lipinski definition) is 3. The summed E-state index contributed by atoms with van der Waals surface area (Å²) in [5.74, 6) is 2.82. The molecule has 2 aromatic carbocycles. The number of allylic oxidation sites excluding steroid dienone is 2. The zero-order valence-corrected chi connectivity index (χ0v) is 14.2. The Hall–Kier alpha value is -2.42. The van der Waals surface area contributed by atoms with Crippen molar-refractivity contribution < 1.29 is 9.47 Å². The predicted molar refractivity (Wildman–Crippen MR) is 97.0 cm³/mol. The van der Waals surface area contributed by atoms with Gasteiger partial charge in [-0.05, 0) is 48.6 Å². The molecule has 3 unspecified atom stereocenters. The first-order valence-corrected chi connectivity index (χ1v) is 8.64. The molecular weight excluding hydrogens is 298 g/mol. The van der Waals surface area contributed by atoms with E-state index in [1.165, 1.54) is 11.1 Å². The number of benzene rings is 2. The van der Waals surface area contributed by atoms with Crippen LogP contribution < -0.4 is 14.8 Å². The normalized spacial score (nSPS) is 24.0. The van der Waals surface area contributed by atoms with Gasteiger partial charge in [0, 0.05) is 5.92 Å². The highest BCUT2D eigenvalue weighted by molar-refractivity contribution is 5.67. The van der Waals surface area contributed by atoms with Crippen molar-refractivity contribution in [2.24, 2.45) is 5.92 Å². The van der Waals surface area contributed by atoms with Gasteiger partial charge in [0.25, 0.3) is 0 Å². The van der Waals surface area contributed by atoms with E-state index >= 15 is 0 Å². The minimum absolute atomic E-state index is 0.259. The summed E-state index contributed by atoms with van der Waals surface area (Å²) < 4.78 is 11.3. The van der Waals surface area contributed by atoms with E-state index in [-0.39, 0.29) is 6.04 Å². The van der Waals surface area contributed by atoms with Gasteiger partial charge in [-0.1, -0.05) is 36.4 Å². The number of fused-ring (bicyclic) bond motifs is 3. The van der Waals surface area contributed by atoms with Gasteiger partial charge < -0.3 is 14.8 Å². The van der Waals surface area contributed by atoms with Crippen molar-refractivity contribution in [1.82, 2.24) is 0 Å². The Balaban J connectivity index is 1.78. The fraction of sp³-hybridized carbons (Fsp3) is 0.333. The maximum atomic E-state index is 5.87. The van der Waals surface area contributed by atoms with Crippen molar-refractivity contribution in [2.45, 2.75) is 25.3 Å². The third-order valence-corrected chi connectivity index (χ3v) is 5.11. The van der Waals surface area contributed by atoms with Gasteiger partial charge in [0.1, 0.15) is 11.5 Å². The van der Waals surface area contributed by atoms with E-state index in [0.717, 1.165) is 23.6 Å². The molecular formula is C21H23NO2. The van der Waals surface area contributed by atoms with Crippen LogP contribution in [0.5, 0.6) is 11.5 Å². The summed E-state index contributed by atoms with van der Waals surface area (Å²) in [4.78, 5) is 0. The Morgan fingerprint density at radius 2 is 2.04 bits per heavy atom. The maximum Gasteiger partial charge on any atom is 0.142 e. The van der Waals surface area contributed by atoms with Crippen LogP contribution >= 0.6 is 0 Å². The minimum Gasteiger partial charge on any atom is -0.497 e. The van der Waals surface area contributed by atoms with Gasteiger partial charge in [-0.2, -0.15) is 0 Å². The van der Waals surface area contributed by atoms with Crippen LogP contribution in [0.15, 0.2) is 54.6 Å². The largest absolute Gasteiger partial charge is 0.497 e. The Bertz CT molecular complexity index is 768. The summed E-state index contributed by atoms with van der Waals surface area (Å²) >= 11 is 0. The third-order valence-electron chi connectivity index (χ3n) is 5.11. The second-order valence-electron chi connectivity index (χ2n) is 6.41. The Morgan fingerprint density at radius 3 is 2.88 bits per heavy atom. The lowest BCUT2D eigenvalue weighted by Crippen LogP contribution is -2.29. The summed E-state index contributed by atoms with van der Waals surface area (Å²) in [7, 11) is 1.72. The standard InChI is InChI=1S/C21H23NO2/c1-3-24-19-12-6-11-18-16-9-5-10-17(16)20(22-21(18)19)14-7-4-8-15(13-14)23-2/h4-9,11-13,16-17,20,22H,3,10H2,1-2H3. The zero-order chi connectivity index (χ0) is 16.5. The minimum atomic E-state index is 0.259. The monoisotopic (exact) mass is 321 g/mol. The predicted octanol–water partition coefficient (Wildman–Crippen LogP) is 4.92. The van der Waals surface area contributed by atoms with Crippen LogP contribution in [0.3, 0.4) is 0 Å². The van der Waals surface area contributed by atoms with Gasteiger partial charge in [0.15, 0.2) is 0 Å². The number of methoxy groups -OCH3 is 1. The smallest absolute Gasteiger partial charge is 0.142 e. The molecule has 4 rings (SSSR count). The molecule has 124 valence electrons. The highest BCUT2D eigenvalue weighted by Crippen LogP contribution is 2.52. The molecule has 1 heterocycles. The molecule has 24 heavy (non-hydrogen) atoms. The number of nitrogens with one attached hydrogen (secondary N) is 1. The summed E-state index contributed by atoms with van der Waals surface area (Å²) in [5.41, 5.74) is 3.75. The van der Waals surface area contributed by atoms with Crippen LogP contribution in [-0.4, -0.2) is 13.7 Å². The SMILES string of the molecule is CCOc1cccc2c1NC(c1cccc(OC)c1)C1CC=CC21. The Morgan fingerprint density at radius 1 is 1.17 bits per heavy atom. The topological polar surface area (TPSA) is 30.5 Å². The van der Waals surface area contributed by atoms with Crippen LogP contribution in [0.2, 0.25) is 0 Å². The average Bonchev–Trinajstić information content (AvgIpc) is 3.12. The number of para-hydroxylation sites is 1. The molecule has 1 aliphatic heterocycles. The van der Waals surface area contributed by atoms with Gasteiger partial charge in [0.05, 0.1) is 25.4 Å². The van der Waals surface area contributed by atoms with Crippen molar-refractivity contribution in [3.8, 4) is 11.5 Å². The first-order valence-electron chi connectivity index (χ1n) is 8.64. The van der Waals surface area contributed by atoms with Crippen molar-refractivity contribution >= 4 is 5.69 Å². The van der Waals surface area contributed by atoms with E-state index in [1.54, 1.807) is 7.11 Å². The quantitative estimate of drug-likeness (QED) is 0.811. The van der Waals surface area contributed by atoms with Gasteiger partial charge in [-0.3, -0.25) is 0 Å². The number of ether oxygens (including phenoxy) is 2. The second kappa shape index (κ2) is 6.23. The molecule has 3 heteroatoms. The highest BCUT2D eigenvalue weighted by Gasteiger charge is 2.39. The lowest BCUT2D eigenvalue weighted by atomic mass is 9.77. The number of anilines is 1. The second-order valence-corrected chi connectivity index (χ2v) is 6.41. The van der Waals surface area contributed by atoms with E-state index in [2.05, 4.69) is 53.9 Å². The molecule has 0 spiro atoms. The molecule has 1 N–H and O–H groups in total. The molecule has 0 saturated carbocycles. The highest BCUT2D eigenvalue weighted by atomic mass is 16.5. The molecule has 0 aromatic heterocycles. The van der Waals surface area contributed by atoms with Gasteiger partial charge in [0.2, 0.25) is 0 Å². The lowest BCUT2D eigenvalue weighted by molar-refractivity contribution is 0.337. The molecule has 3 atom stereocenters. The summed E-state index contributed by atoms with van der Waals surface area (Å²) in [5, 5.41) is 3.77. The van der Waals surface area contributed by atoms with E-state index < -0.39 is 0 Å².